The summed E-state index contributed by atoms with van der Waals surface area (Å²) in [5.74, 6) is 0.774. The molecule has 0 spiro atoms. The molecule has 1 N–H and O–H groups in total. The highest BCUT2D eigenvalue weighted by atomic mass is 127. The molecule has 4 nitrogen and oxygen atoms in total. The molecule has 0 fully saturated rings. The van der Waals surface area contributed by atoms with E-state index in [1.807, 2.05) is 60.7 Å². The molecule has 0 aliphatic carbocycles. The number of hydrogen-bond acceptors (Lipinski definition) is 4. The van der Waals surface area contributed by atoms with Crippen molar-refractivity contribution in [2.24, 2.45) is 4.99 Å². The van der Waals surface area contributed by atoms with Gasteiger partial charge in [-0.3, -0.25) is 4.99 Å². The van der Waals surface area contributed by atoms with Crippen molar-refractivity contribution < 1.29 is 9.52 Å². The monoisotopic (exact) mass is 518 g/mol. The van der Waals surface area contributed by atoms with E-state index in [1.165, 1.54) is 0 Å². The van der Waals surface area contributed by atoms with E-state index in [-0.39, 0.29) is 5.75 Å². The number of aromatic hydroxyl groups is 1. The Bertz CT molecular complexity index is 1100. The number of para-hydroxylation sites is 2. The zero-order valence-electron chi connectivity index (χ0n) is 13.4. The highest BCUT2D eigenvalue weighted by Crippen LogP contribution is 2.29. The predicted octanol–water partition coefficient (Wildman–Crippen LogP) is 6.32. The first-order valence-electron chi connectivity index (χ1n) is 7.78. The maximum Gasteiger partial charge on any atom is 0.227 e. The van der Waals surface area contributed by atoms with Crippen LogP contribution in [0.4, 0.5) is 5.69 Å². The predicted molar refractivity (Wildman–Crippen MR) is 115 cm³/mol. The first-order chi connectivity index (χ1) is 12.6. The van der Waals surface area contributed by atoms with Crippen molar-refractivity contribution >= 4 is 61.5 Å². The van der Waals surface area contributed by atoms with E-state index in [9.17, 15) is 5.11 Å². The lowest BCUT2D eigenvalue weighted by Gasteiger charge is -2.03. The fourth-order valence-corrected chi connectivity index (χ4v) is 4.09. The van der Waals surface area contributed by atoms with E-state index >= 15 is 0 Å². The minimum absolute atomic E-state index is 0.215. The first kappa shape index (κ1) is 17.2. The van der Waals surface area contributed by atoms with Crippen LogP contribution in [0.2, 0.25) is 0 Å². The number of oxazole rings is 1. The Morgan fingerprint density at radius 2 is 1.92 bits per heavy atom. The van der Waals surface area contributed by atoms with Crippen molar-refractivity contribution in [1.29, 1.82) is 0 Å². The largest absolute Gasteiger partial charge is 0.506 e. The number of hydrogen-bond donors (Lipinski definition) is 1. The summed E-state index contributed by atoms with van der Waals surface area (Å²) in [6, 6.07) is 19.0. The molecule has 0 saturated heterocycles. The number of phenols is 1. The van der Waals surface area contributed by atoms with Crippen LogP contribution in [0.1, 0.15) is 5.56 Å². The molecule has 4 aromatic rings. The molecule has 3 aromatic carbocycles. The summed E-state index contributed by atoms with van der Waals surface area (Å²) in [6.45, 7) is 0. The lowest BCUT2D eigenvalue weighted by atomic mass is 10.2. The number of benzene rings is 3. The summed E-state index contributed by atoms with van der Waals surface area (Å²) in [7, 11) is 0. The third kappa shape index (κ3) is 3.52. The van der Waals surface area contributed by atoms with Crippen molar-refractivity contribution in [3.63, 3.8) is 0 Å². The van der Waals surface area contributed by atoms with Gasteiger partial charge in [0.05, 0.1) is 9.26 Å². The number of halogens is 2. The van der Waals surface area contributed by atoms with Crippen LogP contribution in [0, 0.1) is 3.57 Å². The number of phenolic OH excluding ortho intramolecular Hbond substituents is 1. The maximum atomic E-state index is 10.2. The topological polar surface area (TPSA) is 58.6 Å². The number of nitrogens with zero attached hydrogens (tertiary/aromatic N) is 2. The molecule has 0 radical (unpaired) electrons. The zero-order valence-corrected chi connectivity index (χ0v) is 17.1. The Balaban J connectivity index is 1.68. The molecular formula is C20H12BrIN2O2. The SMILES string of the molecule is Oc1c(I)cc(Br)cc1C=Nc1cccc(-c2nc3ccccc3o2)c1. The molecule has 0 atom stereocenters. The highest BCUT2D eigenvalue weighted by Gasteiger charge is 2.08. The molecule has 4 rings (SSSR count). The lowest BCUT2D eigenvalue weighted by Crippen LogP contribution is -1.86. The van der Waals surface area contributed by atoms with Gasteiger partial charge < -0.3 is 9.52 Å². The molecule has 0 amide bonds. The molecule has 26 heavy (non-hydrogen) atoms. The first-order valence-corrected chi connectivity index (χ1v) is 9.65. The van der Waals surface area contributed by atoms with Crippen molar-refractivity contribution in [3.8, 4) is 17.2 Å². The fraction of sp³-hybridized carbons (Fsp3) is 0. The van der Waals surface area contributed by atoms with Gasteiger partial charge in [-0.25, -0.2) is 4.98 Å². The third-order valence-electron chi connectivity index (χ3n) is 3.80. The fourth-order valence-electron chi connectivity index (χ4n) is 2.54. The summed E-state index contributed by atoms with van der Waals surface area (Å²) in [6.07, 6.45) is 1.65. The van der Waals surface area contributed by atoms with Gasteiger partial charge >= 0.3 is 0 Å². The van der Waals surface area contributed by atoms with Gasteiger partial charge in [-0.2, -0.15) is 0 Å². The van der Waals surface area contributed by atoms with E-state index in [4.69, 9.17) is 4.42 Å². The Morgan fingerprint density at radius 3 is 2.77 bits per heavy atom. The molecule has 0 aliphatic heterocycles. The van der Waals surface area contributed by atoms with E-state index in [1.54, 1.807) is 6.21 Å². The summed E-state index contributed by atoms with van der Waals surface area (Å²) in [5.41, 5.74) is 3.83. The van der Waals surface area contributed by atoms with E-state index in [0.717, 1.165) is 30.4 Å². The molecule has 0 unspecified atom stereocenters. The summed E-state index contributed by atoms with van der Waals surface area (Å²) >= 11 is 5.52. The van der Waals surface area contributed by atoms with Gasteiger partial charge in [0.15, 0.2) is 5.58 Å². The minimum Gasteiger partial charge on any atom is -0.506 e. The van der Waals surface area contributed by atoms with Crippen LogP contribution in [0.5, 0.6) is 5.75 Å². The molecule has 0 bridgehead atoms. The third-order valence-corrected chi connectivity index (χ3v) is 5.08. The number of aromatic nitrogens is 1. The Labute approximate surface area is 171 Å². The van der Waals surface area contributed by atoms with Crippen LogP contribution in [-0.2, 0) is 0 Å². The van der Waals surface area contributed by atoms with Gasteiger partial charge in [-0.15, -0.1) is 0 Å². The number of aliphatic imine (C=N–C) groups is 1. The molecule has 6 heteroatoms. The lowest BCUT2D eigenvalue weighted by molar-refractivity contribution is 0.470. The summed E-state index contributed by atoms with van der Waals surface area (Å²) in [5, 5.41) is 10.2. The van der Waals surface area contributed by atoms with E-state index in [2.05, 4.69) is 48.5 Å². The van der Waals surface area contributed by atoms with Crippen LogP contribution in [0.25, 0.3) is 22.6 Å². The minimum atomic E-state index is 0.215. The van der Waals surface area contributed by atoms with Crippen LogP contribution >= 0.6 is 38.5 Å². The Kier molecular flexibility index (Phi) is 4.78. The van der Waals surface area contributed by atoms with Gasteiger partial charge in [-0.1, -0.05) is 34.1 Å². The van der Waals surface area contributed by atoms with Gasteiger partial charge in [0.2, 0.25) is 5.89 Å². The smallest absolute Gasteiger partial charge is 0.227 e. The number of rotatable bonds is 3. The van der Waals surface area contributed by atoms with E-state index < -0.39 is 0 Å². The van der Waals surface area contributed by atoms with Crippen molar-refractivity contribution in [2.75, 3.05) is 0 Å². The molecule has 1 heterocycles. The van der Waals surface area contributed by atoms with Gasteiger partial charge in [0.25, 0.3) is 0 Å². The zero-order chi connectivity index (χ0) is 18.1. The highest BCUT2D eigenvalue weighted by molar-refractivity contribution is 14.1. The number of fused-ring (bicyclic) bond motifs is 1. The standard InChI is InChI=1S/C20H12BrIN2O2/c21-14-8-13(19(25)16(22)10-14)11-23-15-5-3-4-12(9-15)20-24-17-6-1-2-7-18(17)26-20/h1-11,25H. The summed E-state index contributed by atoms with van der Waals surface area (Å²) in [4.78, 5) is 8.99. The van der Waals surface area contributed by atoms with Crippen LogP contribution in [0.15, 0.2) is 74.5 Å². The maximum absolute atomic E-state index is 10.2. The van der Waals surface area contributed by atoms with E-state index in [0.29, 0.717) is 11.5 Å². The Hall–Kier alpha value is -2.19. The average molecular weight is 519 g/mol. The van der Waals surface area contributed by atoms with Gasteiger partial charge in [0, 0.05) is 21.8 Å². The average Bonchev–Trinajstić information content (AvgIpc) is 3.08. The molecular weight excluding hydrogens is 507 g/mol. The second-order valence-electron chi connectivity index (χ2n) is 5.62. The molecule has 0 aliphatic rings. The second-order valence-corrected chi connectivity index (χ2v) is 7.70. The van der Waals surface area contributed by atoms with Crippen LogP contribution < -0.4 is 0 Å². The molecule has 1 aromatic heterocycles. The van der Waals surface area contributed by atoms with Crippen LogP contribution in [-0.4, -0.2) is 16.3 Å². The van der Waals surface area contributed by atoms with Gasteiger partial charge in [-0.05, 0) is 65.1 Å². The summed E-state index contributed by atoms with van der Waals surface area (Å²) < 4.78 is 7.47. The second kappa shape index (κ2) is 7.20. The van der Waals surface area contributed by atoms with Crippen molar-refractivity contribution in [3.05, 3.63) is 74.3 Å². The molecule has 0 saturated carbocycles. The van der Waals surface area contributed by atoms with Gasteiger partial charge in [0.1, 0.15) is 11.3 Å². The van der Waals surface area contributed by atoms with Crippen LogP contribution in [0.3, 0.4) is 0 Å². The quantitative estimate of drug-likeness (QED) is 0.255. The van der Waals surface area contributed by atoms with Crippen molar-refractivity contribution in [1.82, 2.24) is 4.98 Å². The van der Waals surface area contributed by atoms with Crippen molar-refractivity contribution in [2.45, 2.75) is 0 Å². The Morgan fingerprint density at radius 1 is 1.08 bits per heavy atom. The normalized spacial score (nSPS) is 11.5. The molecule has 128 valence electrons.